The Labute approximate surface area is 183 Å². The minimum atomic E-state index is -1.49. The van der Waals surface area contributed by atoms with Crippen molar-refractivity contribution < 1.29 is 24.2 Å². The van der Waals surface area contributed by atoms with E-state index in [9.17, 15) is 14.7 Å². The Morgan fingerprint density at radius 1 is 0.968 bits per heavy atom. The monoisotopic (exact) mass is 425 g/mol. The van der Waals surface area contributed by atoms with Crippen molar-refractivity contribution in [2.24, 2.45) is 5.92 Å². The quantitative estimate of drug-likeness (QED) is 0.400. The van der Waals surface area contributed by atoms with Crippen molar-refractivity contribution in [3.63, 3.8) is 0 Å². The molecule has 0 spiro atoms. The third-order valence-electron chi connectivity index (χ3n) is 5.50. The standard InChI is InChI=1S/C25H31NO5/c27-23(25(29)31-16-10-2-1-5-11-19-17-30-18-19)22(20-12-6-3-7-13-20)26-24(28)21-14-8-4-9-15-21/h3-4,6-9,12-15,19,22-23,27H,1-2,5,10-11,16-18H2,(H,26,28)/t22-,23+/m0/s1. The Morgan fingerprint density at radius 2 is 1.61 bits per heavy atom. The maximum atomic E-state index is 12.6. The van der Waals surface area contributed by atoms with Gasteiger partial charge in [-0.3, -0.25) is 4.79 Å². The van der Waals surface area contributed by atoms with E-state index in [-0.39, 0.29) is 12.5 Å². The van der Waals surface area contributed by atoms with Gasteiger partial charge in [0.15, 0.2) is 6.10 Å². The highest BCUT2D eigenvalue weighted by molar-refractivity contribution is 5.94. The summed E-state index contributed by atoms with van der Waals surface area (Å²) in [6.45, 7) is 2.04. The number of hydrogen-bond donors (Lipinski definition) is 2. The van der Waals surface area contributed by atoms with Crippen LogP contribution in [0.25, 0.3) is 0 Å². The number of hydrogen-bond acceptors (Lipinski definition) is 5. The lowest BCUT2D eigenvalue weighted by Crippen LogP contribution is -2.41. The number of benzene rings is 2. The average Bonchev–Trinajstić information content (AvgIpc) is 2.78. The lowest BCUT2D eigenvalue weighted by molar-refractivity contribution is -0.155. The lowest BCUT2D eigenvalue weighted by atomic mass is 9.99. The first-order chi connectivity index (χ1) is 15.1. The van der Waals surface area contributed by atoms with Crippen LogP contribution in [-0.2, 0) is 14.3 Å². The molecule has 1 fully saturated rings. The zero-order chi connectivity index (χ0) is 21.9. The maximum Gasteiger partial charge on any atom is 0.337 e. The highest BCUT2D eigenvalue weighted by Crippen LogP contribution is 2.20. The van der Waals surface area contributed by atoms with E-state index in [1.54, 1.807) is 48.5 Å². The Balaban J connectivity index is 1.48. The van der Waals surface area contributed by atoms with Crippen molar-refractivity contribution in [2.75, 3.05) is 19.8 Å². The molecule has 3 rings (SSSR count). The second kappa shape index (κ2) is 12.2. The maximum absolute atomic E-state index is 12.6. The minimum Gasteiger partial charge on any atom is -0.464 e. The highest BCUT2D eigenvalue weighted by Gasteiger charge is 2.30. The molecular formula is C25H31NO5. The molecule has 6 heteroatoms. The second-order valence-corrected chi connectivity index (χ2v) is 7.95. The van der Waals surface area contributed by atoms with Crippen LogP contribution in [0.1, 0.15) is 54.1 Å². The number of rotatable bonds is 12. The SMILES string of the molecule is O=C(N[C@@H](c1ccccc1)[C@@H](O)C(=O)OCCCCCCC1COC1)c1ccccc1. The predicted octanol–water partition coefficient (Wildman–Crippen LogP) is 3.66. The first kappa shape index (κ1) is 23.0. The fourth-order valence-electron chi connectivity index (χ4n) is 3.55. The van der Waals surface area contributed by atoms with Crippen molar-refractivity contribution >= 4 is 11.9 Å². The van der Waals surface area contributed by atoms with Gasteiger partial charge in [0.2, 0.25) is 0 Å². The van der Waals surface area contributed by atoms with Crippen molar-refractivity contribution in [1.29, 1.82) is 0 Å². The van der Waals surface area contributed by atoms with Gasteiger partial charge in [-0.1, -0.05) is 67.8 Å². The van der Waals surface area contributed by atoms with Gasteiger partial charge >= 0.3 is 5.97 Å². The van der Waals surface area contributed by atoms with E-state index in [0.29, 0.717) is 17.0 Å². The van der Waals surface area contributed by atoms with E-state index in [0.717, 1.165) is 38.9 Å². The topological polar surface area (TPSA) is 84.9 Å². The van der Waals surface area contributed by atoms with E-state index in [1.165, 1.54) is 6.42 Å². The molecule has 0 bridgehead atoms. The molecule has 2 atom stereocenters. The molecule has 1 aliphatic rings. The normalized spacial score (nSPS) is 15.5. The second-order valence-electron chi connectivity index (χ2n) is 7.95. The van der Waals surface area contributed by atoms with Gasteiger partial charge in [-0.25, -0.2) is 4.79 Å². The van der Waals surface area contributed by atoms with Crippen molar-refractivity contribution in [2.45, 2.75) is 44.2 Å². The number of aliphatic hydroxyl groups is 1. The molecular weight excluding hydrogens is 394 g/mol. The summed E-state index contributed by atoms with van der Waals surface area (Å²) in [6.07, 6.45) is 3.69. The van der Waals surface area contributed by atoms with Crippen LogP contribution in [0.3, 0.4) is 0 Å². The summed E-state index contributed by atoms with van der Waals surface area (Å²) in [5.74, 6) is -0.374. The number of carbonyl (C=O) groups is 2. The number of carbonyl (C=O) groups excluding carboxylic acids is 2. The molecule has 1 heterocycles. The smallest absolute Gasteiger partial charge is 0.337 e. The molecule has 0 unspecified atom stereocenters. The highest BCUT2D eigenvalue weighted by atomic mass is 16.5. The van der Waals surface area contributed by atoms with Crippen molar-refractivity contribution in [3.05, 3.63) is 71.8 Å². The number of esters is 1. The largest absolute Gasteiger partial charge is 0.464 e. The Kier molecular flexibility index (Phi) is 9.06. The summed E-state index contributed by atoms with van der Waals surface area (Å²) < 4.78 is 10.5. The number of nitrogens with one attached hydrogen (secondary N) is 1. The molecule has 0 aliphatic carbocycles. The molecule has 0 radical (unpaired) electrons. The summed E-state index contributed by atoms with van der Waals surface area (Å²) in [7, 11) is 0. The molecule has 2 aromatic carbocycles. The first-order valence-corrected chi connectivity index (χ1v) is 11.0. The number of amides is 1. The van der Waals surface area contributed by atoms with Crippen LogP contribution >= 0.6 is 0 Å². The Hall–Kier alpha value is -2.70. The van der Waals surface area contributed by atoms with Gasteiger partial charge in [0.05, 0.1) is 25.9 Å². The molecule has 31 heavy (non-hydrogen) atoms. The van der Waals surface area contributed by atoms with Crippen LogP contribution < -0.4 is 5.32 Å². The molecule has 1 aliphatic heterocycles. The van der Waals surface area contributed by atoms with Crippen molar-refractivity contribution in [3.8, 4) is 0 Å². The molecule has 2 aromatic rings. The van der Waals surface area contributed by atoms with Gasteiger partial charge in [0.1, 0.15) is 0 Å². The molecule has 1 amide bonds. The van der Waals surface area contributed by atoms with Gasteiger partial charge in [-0.15, -0.1) is 0 Å². The fourth-order valence-corrected chi connectivity index (χ4v) is 3.55. The molecule has 166 valence electrons. The average molecular weight is 426 g/mol. The summed E-state index contributed by atoms with van der Waals surface area (Å²) in [5.41, 5.74) is 1.09. The summed E-state index contributed by atoms with van der Waals surface area (Å²) >= 11 is 0. The zero-order valence-electron chi connectivity index (χ0n) is 17.7. The van der Waals surface area contributed by atoms with E-state index in [4.69, 9.17) is 9.47 Å². The Morgan fingerprint density at radius 3 is 2.26 bits per heavy atom. The fraction of sp³-hybridized carbons (Fsp3) is 0.440. The van der Waals surface area contributed by atoms with Gasteiger partial charge < -0.3 is 19.9 Å². The van der Waals surface area contributed by atoms with Crippen LogP contribution in [0.5, 0.6) is 0 Å². The van der Waals surface area contributed by atoms with Crippen LogP contribution in [0.4, 0.5) is 0 Å². The van der Waals surface area contributed by atoms with Crippen LogP contribution in [0.15, 0.2) is 60.7 Å². The zero-order valence-corrected chi connectivity index (χ0v) is 17.7. The first-order valence-electron chi connectivity index (χ1n) is 11.0. The summed E-state index contributed by atoms with van der Waals surface area (Å²) in [4.78, 5) is 25.1. The third-order valence-corrected chi connectivity index (χ3v) is 5.50. The van der Waals surface area contributed by atoms with E-state index < -0.39 is 18.1 Å². The van der Waals surface area contributed by atoms with Gasteiger partial charge in [0.25, 0.3) is 5.91 Å². The van der Waals surface area contributed by atoms with Crippen LogP contribution in [0, 0.1) is 5.92 Å². The van der Waals surface area contributed by atoms with Crippen molar-refractivity contribution in [1.82, 2.24) is 5.32 Å². The van der Waals surface area contributed by atoms with E-state index in [1.807, 2.05) is 12.1 Å². The minimum absolute atomic E-state index is 0.260. The summed E-state index contributed by atoms with van der Waals surface area (Å²) in [6, 6.07) is 16.8. The number of aliphatic hydroxyl groups excluding tert-OH is 1. The molecule has 0 saturated carbocycles. The van der Waals surface area contributed by atoms with Gasteiger partial charge in [0, 0.05) is 11.5 Å². The Bertz CT molecular complexity index is 807. The molecule has 1 saturated heterocycles. The van der Waals surface area contributed by atoms with Gasteiger partial charge in [-0.2, -0.15) is 0 Å². The number of unbranched alkanes of at least 4 members (excludes halogenated alkanes) is 3. The third kappa shape index (κ3) is 7.19. The number of ether oxygens (including phenoxy) is 2. The lowest BCUT2D eigenvalue weighted by Gasteiger charge is -2.25. The van der Waals surface area contributed by atoms with Crippen LogP contribution in [0.2, 0.25) is 0 Å². The molecule has 6 nitrogen and oxygen atoms in total. The predicted molar refractivity (Wildman–Crippen MR) is 117 cm³/mol. The van der Waals surface area contributed by atoms with Gasteiger partial charge in [-0.05, 0) is 30.5 Å². The van der Waals surface area contributed by atoms with Crippen LogP contribution in [-0.4, -0.2) is 42.9 Å². The molecule has 2 N–H and O–H groups in total. The summed E-state index contributed by atoms with van der Waals surface area (Å²) in [5, 5.41) is 13.4. The van der Waals surface area contributed by atoms with E-state index in [2.05, 4.69) is 5.32 Å². The van der Waals surface area contributed by atoms with E-state index >= 15 is 0 Å². The molecule has 0 aromatic heterocycles.